The van der Waals surface area contributed by atoms with Crippen LogP contribution < -0.4 is 5.73 Å². The van der Waals surface area contributed by atoms with Gasteiger partial charge in [0.1, 0.15) is 0 Å². The third-order valence-electron chi connectivity index (χ3n) is 2.70. The van der Waals surface area contributed by atoms with E-state index in [1.54, 1.807) is 0 Å². The minimum absolute atomic E-state index is 0.124. The Balaban J connectivity index is 2.77. The molecule has 1 amide bonds. The number of thioether (sulfide) groups is 1. The van der Waals surface area contributed by atoms with E-state index in [0.717, 1.165) is 22.5 Å². The van der Waals surface area contributed by atoms with Crippen molar-refractivity contribution in [3.05, 3.63) is 22.7 Å². The summed E-state index contributed by atoms with van der Waals surface area (Å²) in [7, 11) is 0. The Morgan fingerprint density at radius 1 is 1.44 bits per heavy atom. The number of carbonyl (C=O) groups excluding carboxylic acids is 1. The smallest absolute Gasteiger partial charge is 0.235 e. The van der Waals surface area contributed by atoms with E-state index in [2.05, 4.69) is 15.9 Å². The second kappa shape index (κ2) is 7.04. The summed E-state index contributed by atoms with van der Waals surface area (Å²) in [6.07, 6.45) is 0. The third kappa shape index (κ3) is 3.92. The number of benzene rings is 1. The van der Waals surface area contributed by atoms with Gasteiger partial charge in [0, 0.05) is 28.1 Å². The molecular weight excluding hydrogens is 312 g/mol. The van der Waals surface area contributed by atoms with Gasteiger partial charge < -0.3 is 10.6 Å². The highest BCUT2D eigenvalue weighted by atomic mass is 79.9. The van der Waals surface area contributed by atoms with Crippen LogP contribution >= 0.6 is 27.7 Å². The van der Waals surface area contributed by atoms with Gasteiger partial charge in [0.05, 0.1) is 5.25 Å². The molecule has 0 aromatic heterocycles. The summed E-state index contributed by atoms with van der Waals surface area (Å²) in [5.74, 6) is 0.157. The van der Waals surface area contributed by atoms with E-state index in [4.69, 9.17) is 5.73 Å². The van der Waals surface area contributed by atoms with Gasteiger partial charge >= 0.3 is 0 Å². The van der Waals surface area contributed by atoms with Crippen LogP contribution in [0.5, 0.6) is 0 Å². The van der Waals surface area contributed by atoms with E-state index < -0.39 is 0 Å². The lowest BCUT2D eigenvalue weighted by atomic mass is 10.3. The van der Waals surface area contributed by atoms with Crippen LogP contribution in [0.15, 0.2) is 27.6 Å². The first-order valence-electron chi connectivity index (χ1n) is 6.00. The maximum atomic E-state index is 12.2. The molecule has 0 bridgehead atoms. The van der Waals surface area contributed by atoms with E-state index in [1.165, 1.54) is 11.8 Å². The maximum Gasteiger partial charge on any atom is 0.235 e. The molecule has 1 unspecified atom stereocenters. The zero-order valence-electron chi connectivity index (χ0n) is 10.9. The molecule has 0 fully saturated rings. The molecule has 1 aromatic rings. The lowest BCUT2D eigenvalue weighted by Crippen LogP contribution is -2.36. The van der Waals surface area contributed by atoms with Crippen LogP contribution in [0.2, 0.25) is 0 Å². The molecule has 2 N–H and O–H groups in total. The van der Waals surface area contributed by atoms with Crippen molar-refractivity contribution in [1.82, 2.24) is 4.90 Å². The molecule has 1 aromatic carbocycles. The second-order valence-corrected chi connectivity index (χ2v) is 6.25. The first-order chi connectivity index (χ1) is 8.49. The molecular formula is C13H19BrN2OS. The van der Waals surface area contributed by atoms with E-state index in [1.807, 2.05) is 43.9 Å². The predicted molar refractivity (Wildman–Crippen MR) is 81.8 cm³/mol. The molecule has 0 aliphatic carbocycles. The number of nitrogens with zero attached hydrogens (tertiary/aromatic N) is 1. The zero-order chi connectivity index (χ0) is 13.7. The van der Waals surface area contributed by atoms with E-state index >= 15 is 0 Å². The van der Waals surface area contributed by atoms with Gasteiger partial charge in [-0.25, -0.2) is 0 Å². The van der Waals surface area contributed by atoms with Crippen LogP contribution in [0.3, 0.4) is 0 Å². The molecule has 0 radical (unpaired) electrons. The number of carbonyl (C=O) groups is 1. The summed E-state index contributed by atoms with van der Waals surface area (Å²) < 4.78 is 0.974. The van der Waals surface area contributed by atoms with Gasteiger partial charge in [-0.05, 0) is 39.0 Å². The molecule has 18 heavy (non-hydrogen) atoms. The summed E-state index contributed by atoms with van der Waals surface area (Å²) >= 11 is 4.92. The summed E-state index contributed by atoms with van der Waals surface area (Å²) in [4.78, 5) is 14.9. The van der Waals surface area contributed by atoms with Crippen molar-refractivity contribution in [3.63, 3.8) is 0 Å². The number of nitrogens with two attached hydrogens (primary N) is 1. The summed E-state index contributed by atoms with van der Waals surface area (Å²) in [5.41, 5.74) is 6.62. The fourth-order valence-electron chi connectivity index (χ4n) is 1.64. The lowest BCUT2D eigenvalue weighted by Gasteiger charge is -2.22. The van der Waals surface area contributed by atoms with Crippen LogP contribution in [-0.2, 0) is 4.79 Å². The molecule has 1 atom stereocenters. The van der Waals surface area contributed by atoms with Gasteiger partial charge in [0.25, 0.3) is 0 Å². The molecule has 0 aliphatic heterocycles. The van der Waals surface area contributed by atoms with Gasteiger partial charge in [-0.1, -0.05) is 15.9 Å². The molecule has 0 heterocycles. The van der Waals surface area contributed by atoms with Crippen LogP contribution in [-0.4, -0.2) is 29.1 Å². The van der Waals surface area contributed by atoms with Crippen molar-refractivity contribution in [3.8, 4) is 0 Å². The van der Waals surface area contributed by atoms with Crippen molar-refractivity contribution in [2.75, 3.05) is 18.8 Å². The Hall–Kier alpha value is -0.680. The second-order valence-electron chi connectivity index (χ2n) is 3.95. The minimum atomic E-state index is -0.124. The monoisotopic (exact) mass is 330 g/mol. The van der Waals surface area contributed by atoms with Crippen LogP contribution in [0.4, 0.5) is 5.69 Å². The average molecular weight is 331 g/mol. The SMILES string of the molecule is CCN(CC)C(=O)C(C)Sc1cc(Br)ccc1N. The minimum Gasteiger partial charge on any atom is -0.398 e. The van der Waals surface area contributed by atoms with Crippen LogP contribution in [0, 0.1) is 0 Å². The van der Waals surface area contributed by atoms with Gasteiger partial charge in [0.2, 0.25) is 5.91 Å². The third-order valence-corrected chi connectivity index (χ3v) is 4.36. The number of hydrogen-bond donors (Lipinski definition) is 1. The van der Waals surface area contributed by atoms with Crippen molar-refractivity contribution >= 4 is 39.3 Å². The van der Waals surface area contributed by atoms with Crippen LogP contribution in [0.25, 0.3) is 0 Å². The van der Waals surface area contributed by atoms with Crippen LogP contribution in [0.1, 0.15) is 20.8 Å². The Morgan fingerprint density at radius 3 is 2.61 bits per heavy atom. The Labute approximate surface area is 121 Å². The highest BCUT2D eigenvalue weighted by Crippen LogP contribution is 2.31. The number of hydrogen-bond acceptors (Lipinski definition) is 3. The Bertz CT molecular complexity index is 421. The first kappa shape index (κ1) is 15.4. The quantitative estimate of drug-likeness (QED) is 0.665. The van der Waals surface area contributed by atoms with E-state index in [9.17, 15) is 4.79 Å². The fraction of sp³-hybridized carbons (Fsp3) is 0.462. The molecule has 100 valence electrons. The molecule has 0 aliphatic rings. The first-order valence-corrected chi connectivity index (χ1v) is 7.67. The largest absolute Gasteiger partial charge is 0.398 e. The standard InChI is InChI=1S/C13H19BrN2OS/c1-4-16(5-2)13(17)9(3)18-12-8-10(14)6-7-11(12)15/h6-9H,4-5,15H2,1-3H3. The van der Waals surface area contributed by atoms with E-state index in [0.29, 0.717) is 5.69 Å². The molecule has 0 saturated carbocycles. The van der Waals surface area contributed by atoms with Gasteiger partial charge in [-0.15, -0.1) is 11.8 Å². The predicted octanol–water partition coefficient (Wildman–Crippen LogP) is 3.38. The molecule has 3 nitrogen and oxygen atoms in total. The molecule has 5 heteroatoms. The summed E-state index contributed by atoms with van der Waals surface area (Å²) in [5, 5.41) is -0.124. The number of rotatable bonds is 5. The fourth-order valence-corrected chi connectivity index (χ4v) is 3.19. The maximum absolute atomic E-state index is 12.2. The number of anilines is 1. The van der Waals surface area contributed by atoms with E-state index in [-0.39, 0.29) is 11.2 Å². The van der Waals surface area contributed by atoms with Crippen molar-refractivity contribution in [1.29, 1.82) is 0 Å². The molecule has 0 saturated heterocycles. The van der Waals surface area contributed by atoms with Crippen molar-refractivity contribution < 1.29 is 4.79 Å². The number of halogens is 1. The highest BCUT2D eigenvalue weighted by Gasteiger charge is 2.20. The number of amides is 1. The van der Waals surface area contributed by atoms with Gasteiger partial charge in [0.15, 0.2) is 0 Å². The highest BCUT2D eigenvalue weighted by molar-refractivity contribution is 9.10. The van der Waals surface area contributed by atoms with Gasteiger partial charge in [-0.3, -0.25) is 4.79 Å². The summed E-state index contributed by atoms with van der Waals surface area (Å²) in [6, 6.07) is 5.70. The zero-order valence-corrected chi connectivity index (χ0v) is 13.3. The summed E-state index contributed by atoms with van der Waals surface area (Å²) in [6.45, 7) is 7.40. The normalized spacial score (nSPS) is 12.2. The average Bonchev–Trinajstić information content (AvgIpc) is 2.35. The van der Waals surface area contributed by atoms with Crippen molar-refractivity contribution in [2.24, 2.45) is 0 Å². The molecule has 1 rings (SSSR count). The topological polar surface area (TPSA) is 46.3 Å². The lowest BCUT2D eigenvalue weighted by molar-refractivity contribution is -0.129. The Kier molecular flexibility index (Phi) is 6.02. The molecule has 0 spiro atoms. The van der Waals surface area contributed by atoms with Gasteiger partial charge in [-0.2, -0.15) is 0 Å². The van der Waals surface area contributed by atoms with Crippen molar-refractivity contribution in [2.45, 2.75) is 30.9 Å². The Morgan fingerprint density at radius 2 is 2.06 bits per heavy atom. The number of nitrogen functional groups attached to an aromatic ring is 1.